The molecule has 1 fully saturated rings. The van der Waals surface area contributed by atoms with E-state index < -0.39 is 10.0 Å². The third-order valence-electron chi connectivity index (χ3n) is 4.97. The van der Waals surface area contributed by atoms with E-state index in [0.717, 1.165) is 18.4 Å². The zero-order valence-electron chi connectivity index (χ0n) is 15.6. The van der Waals surface area contributed by atoms with Gasteiger partial charge in [0.2, 0.25) is 15.9 Å². The first kappa shape index (κ1) is 19.6. The van der Waals surface area contributed by atoms with Gasteiger partial charge in [0.25, 0.3) is 0 Å². The van der Waals surface area contributed by atoms with Crippen LogP contribution in [0.4, 0.5) is 0 Å². The largest absolute Gasteiger partial charge is 0.355 e. The summed E-state index contributed by atoms with van der Waals surface area (Å²) < 4.78 is 27.2. The maximum atomic E-state index is 12.9. The molecule has 2 aromatic carbocycles. The number of carbonyl (C=O) groups excluding carboxylic acids is 1. The summed E-state index contributed by atoms with van der Waals surface area (Å²) in [5.41, 5.74) is 2.19. The average Bonchev–Trinajstić information content (AvgIpc) is 2.69. The van der Waals surface area contributed by atoms with Gasteiger partial charge in [-0.2, -0.15) is 4.31 Å². The van der Waals surface area contributed by atoms with Crippen LogP contribution in [0.5, 0.6) is 0 Å². The fraction of sp³-hybridized carbons (Fsp3) is 0.381. The normalized spacial score (nSPS) is 18.2. The molecule has 2 aromatic rings. The molecule has 27 heavy (non-hydrogen) atoms. The number of hydrogen-bond donors (Lipinski definition) is 1. The van der Waals surface area contributed by atoms with Crippen molar-refractivity contribution in [2.75, 3.05) is 19.6 Å². The van der Waals surface area contributed by atoms with Gasteiger partial charge in [-0.15, -0.1) is 0 Å². The Morgan fingerprint density at radius 1 is 1.11 bits per heavy atom. The number of aryl methyl sites for hydroxylation is 1. The predicted molar refractivity (Wildman–Crippen MR) is 106 cm³/mol. The molecule has 0 saturated carbocycles. The summed E-state index contributed by atoms with van der Waals surface area (Å²) in [6.07, 6.45) is 2.18. The summed E-state index contributed by atoms with van der Waals surface area (Å²) in [5, 5.41) is 2.96. The molecule has 1 N–H and O–H groups in total. The molecule has 1 heterocycles. The standard InChI is InChI=1S/C21H26N2O3S/c1-17-9-11-20(12-10-17)27(25,26)23-15-5-8-19(16-23)21(24)22-14-13-18-6-3-2-4-7-18/h2-4,6-7,9-12,19H,5,8,13-16H2,1H3,(H,22,24)/t19-/m0/s1. The molecule has 0 radical (unpaired) electrons. The van der Waals surface area contributed by atoms with Crippen molar-refractivity contribution in [2.24, 2.45) is 5.92 Å². The van der Waals surface area contributed by atoms with Crippen molar-refractivity contribution in [3.63, 3.8) is 0 Å². The molecule has 144 valence electrons. The number of benzene rings is 2. The van der Waals surface area contributed by atoms with Gasteiger partial charge in [0.05, 0.1) is 10.8 Å². The highest BCUT2D eigenvalue weighted by atomic mass is 32.2. The number of amides is 1. The number of nitrogens with one attached hydrogen (secondary N) is 1. The van der Waals surface area contributed by atoms with Crippen molar-refractivity contribution < 1.29 is 13.2 Å². The van der Waals surface area contributed by atoms with E-state index in [2.05, 4.69) is 5.32 Å². The number of rotatable bonds is 6. The van der Waals surface area contributed by atoms with E-state index in [0.29, 0.717) is 24.4 Å². The summed E-state index contributed by atoms with van der Waals surface area (Å²) in [4.78, 5) is 12.8. The molecule has 1 saturated heterocycles. The summed E-state index contributed by atoms with van der Waals surface area (Å²) >= 11 is 0. The molecule has 0 unspecified atom stereocenters. The molecular formula is C21H26N2O3S. The lowest BCUT2D eigenvalue weighted by Gasteiger charge is -2.31. The Labute approximate surface area is 161 Å². The average molecular weight is 387 g/mol. The van der Waals surface area contributed by atoms with Gasteiger partial charge in [0.15, 0.2) is 0 Å². The smallest absolute Gasteiger partial charge is 0.243 e. The topological polar surface area (TPSA) is 66.5 Å². The van der Waals surface area contributed by atoms with Crippen LogP contribution in [0.3, 0.4) is 0 Å². The number of carbonyl (C=O) groups is 1. The van der Waals surface area contributed by atoms with Gasteiger partial charge in [0, 0.05) is 19.6 Å². The Morgan fingerprint density at radius 2 is 1.81 bits per heavy atom. The number of hydrogen-bond acceptors (Lipinski definition) is 3. The zero-order valence-corrected chi connectivity index (χ0v) is 16.4. The van der Waals surface area contributed by atoms with Gasteiger partial charge < -0.3 is 5.32 Å². The summed E-state index contributed by atoms with van der Waals surface area (Å²) in [6, 6.07) is 16.8. The van der Waals surface area contributed by atoms with Crippen molar-refractivity contribution in [1.82, 2.24) is 9.62 Å². The summed E-state index contributed by atoms with van der Waals surface area (Å²) in [7, 11) is -3.56. The van der Waals surface area contributed by atoms with E-state index in [1.165, 1.54) is 9.87 Å². The van der Waals surface area contributed by atoms with Gasteiger partial charge in [-0.3, -0.25) is 4.79 Å². The van der Waals surface area contributed by atoms with Gasteiger partial charge in [-0.25, -0.2) is 8.42 Å². The molecule has 1 atom stereocenters. The van der Waals surface area contributed by atoms with E-state index in [9.17, 15) is 13.2 Å². The summed E-state index contributed by atoms with van der Waals surface area (Å²) in [6.45, 7) is 3.19. The highest BCUT2D eigenvalue weighted by Gasteiger charge is 2.33. The van der Waals surface area contributed by atoms with Crippen LogP contribution in [0.25, 0.3) is 0 Å². The molecule has 0 aromatic heterocycles. The molecule has 1 amide bonds. The first-order valence-corrected chi connectivity index (χ1v) is 10.8. The van der Waals surface area contributed by atoms with E-state index in [1.807, 2.05) is 37.3 Å². The van der Waals surface area contributed by atoms with Crippen molar-refractivity contribution in [3.05, 3.63) is 65.7 Å². The second kappa shape index (κ2) is 8.67. The van der Waals surface area contributed by atoms with Gasteiger partial charge >= 0.3 is 0 Å². The molecule has 0 spiro atoms. The third kappa shape index (κ3) is 4.96. The molecule has 3 rings (SSSR count). The Kier molecular flexibility index (Phi) is 6.29. The van der Waals surface area contributed by atoms with Crippen LogP contribution in [0.2, 0.25) is 0 Å². The second-order valence-corrected chi connectivity index (χ2v) is 8.98. The molecule has 1 aliphatic heterocycles. The van der Waals surface area contributed by atoms with Gasteiger partial charge in [0.1, 0.15) is 0 Å². The first-order valence-electron chi connectivity index (χ1n) is 9.35. The van der Waals surface area contributed by atoms with Gasteiger partial charge in [-0.1, -0.05) is 48.0 Å². The van der Waals surface area contributed by atoms with Crippen LogP contribution in [-0.4, -0.2) is 38.3 Å². The zero-order chi connectivity index (χ0) is 19.3. The van der Waals surface area contributed by atoms with E-state index in [-0.39, 0.29) is 18.4 Å². The highest BCUT2D eigenvalue weighted by molar-refractivity contribution is 7.89. The highest BCUT2D eigenvalue weighted by Crippen LogP contribution is 2.24. The second-order valence-electron chi connectivity index (χ2n) is 7.04. The number of sulfonamides is 1. The van der Waals surface area contributed by atoms with Crippen LogP contribution >= 0.6 is 0 Å². The Hall–Kier alpha value is -2.18. The first-order chi connectivity index (χ1) is 13.0. The van der Waals surface area contributed by atoms with Crippen molar-refractivity contribution in [2.45, 2.75) is 31.1 Å². The lowest BCUT2D eigenvalue weighted by molar-refractivity contribution is -0.126. The van der Waals surface area contributed by atoms with Crippen molar-refractivity contribution >= 4 is 15.9 Å². The Balaban J connectivity index is 1.58. The maximum absolute atomic E-state index is 12.9. The minimum atomic E-state index is -3.56. The number of nitrogens with zero attached hydrogens (tertiary/aromatic N) is 1. The molecule has 0 aliphatic carbocycles. The van der Waals surface area contributed by atoms with E-state index in [4.69, 9.17) is 0 Å². The molecule has 6 heteroatoms. The van der Waals surface area contributed by atoms with Crippen LogP contribution < -0.4 is 5.32 Å². The van der Waals surface area contributed by atoms with Crippen LogP contribution in [0.1, 0.15) is 24.0 Å². The molecule has 0 bridgehead atoms. The lowest BCUT2D eigenvalue weighted by Crippen LogP contribution is -2.45. The van der Waals surface area contributed by atoms with Gasteiger partial charge in [-0.05, 0) is 43.9 Å². The monoisotopic (exact) mass is 386 g/mol. The SMILES string of the molecule is Cc1ccc(S(=O)(=O)N2CCC[C@H](C(=O)NCCc3ccccc3)C2)cc1. The quantitative estimate of drug-likeness (QED) is 0.830. The van der Waals surface area contributed by atoms with Crippen LogP contribution in [0, 0.1) is 12.8 Å². The van der Waals surface area contributed by atoms with Crippen LogP contribution in [-0.2, 0) is 21.2 Å². The molecule has 1 aliphatic rings. The van der Waals surface area contributed by atoms with Crippen LogP contribution in [0.15, 0.2) is 59.5 Å². The Bertz CT molecular complexity index is 864. The predicted octanol–water partition coefficient (Wildman–Crippen LogP) is 2.75. The fourth-order valence-corrected chi connectivity index (χ4v) is 4.88. The van der Waals surface area contributed by atoms with Crippen molar-refractivity contribution in [1.29, 1.82) is 0 Å². The molecular weight excluding hydrogens is 360 g/mol. The van der Waals surface area contributed by atoms with E-state index >= 15 is 0 Å². The molecule has 5 nitrogen and oxygen atoms in total. The summed E-state index contributed by atoms with van der Waals surface area (Å²) in [5.74, 6) is -0.357. The Morgan fingerprint density at radius 3 is 2.52 bits per heavy atom. The lowest BCUT2D eigenvalue weighted by atomic mass is 9.99. The van der Waals surface area contributed by atoms with Crippen molar-refractivity contribution in [3.8, 4) is 0 Å². The fourth-order valence-electron chi connectivity index (χ4n) is 3.35. The number of piperidine rings is 1. The third-order valence-corrected chi connectivity index (χ3v) is 6.85. The minimum absolute atomic E-state index is 0.0604. The van der Waals surface area contributed by atoms with E-state index in [1.54, 1.807) is 24.3 Å². The minimum Gasteiger partial charge on any atom is -0.355 e. The maximum Gasteiger partial charge on any atom is 0.243 e.